The summed E-state index contributed by atoms with van der Waals surface area (Å²) >= 11 is 1.39. The zero-order chi connectivity index (χ0) is 12.4. The predicted molar refractivity (Wildman–Crippen MR) is 66.9 cm³/mol. The Kier molecular flexibility index (Phi) is 2.73. The van der Waals surface area contributed by atoms with Gasteiger partial charge in [0.1, 0.15) is 0 Å². The Morgan fingerprint density at radius 1 is 1.33 bits per heavy atom. The first kappa shape index (κ1) is 10.8. The summed E-state index contributed by atoms with van der Waals surface area (Å²) in [6.45, 7) is 0. The molecule has 3 aromatic rings. The fourth-order valence-electron chi connectivity index (χ4n) is 1.50. The van der Waals surface area contributed by atoms with E-state index < -0.39 is 0 Å². The topological polar surface area (TPSA) is 90.7 Å². The number of hydrogen-bond donors (Lipinski definition) is 1. The second-order valence-electron chi connectivity index (χ2n) is 3.61. The lowest BCUT2D eigenvalue weighted by Crippen LogP contribution is -1.90. The van der Waals surface area contributed by atoms with Gasteiger partial charge in [-0.1, -0.05) is 5.16 Å². The number of pyridine rings is 1. The summed E-state index contributed by atoms with van der Waals surface area (Å²) in [6.07, 6.45) is 3.87. The summed E-state index contributed by atoms with van der Waals surface area (Å²) < 4.78 is 5.17. The van der Waals surface area contributed by atoms with Crippen LogP contribution >= 0.6 is 11.3 Å². The van der Waals surface area contributed by atoms with E-state index in [4.69, 9.17) is 10.3 Å². The van der Waals surface area contributed by atoms with E-state index in [1.807, 2.05) is 17.5 Å². The van der Waals surface area contributed by atoms with Gasteiger partial charge in [0.2, 0.25) is 11.7 Å². The van der Waals surface area contributed by atoms with Crippen LogP contribution in [0.25, 0.3) is 11.4 Å². The van der Waals surface area contributed by atoms with Crippen LogP contribution in [0.2, 0.25) is 0 Å². The molecule has 0 bridgehead atoms. The molecule has 0 radical (unpaired) electrons. The molecule has 0 fully saturated rings. The molecule has 0 spiro atoms. The van der Waals surface area contributed by atoms with Crippen molar-refractivity contribution in [2.24, 2.45) is 0 Å². The maximum Gasteiger partial charge on any atom is 0.233 e. The van der Waals surface area contributed by atoms with Crippen LogP contribution in [-0.4, -0.2) is 20.1 Å². The third-order valence-electron chi connectivity index (χ3n) is 2.29. The molecule has 0 amide bonds. The molecule has 2 N–H and O–H groups in total. The van der Waals surface area contributed by atoms with Crippen molar-refractivity contribution in [2.45, 2.75) is 6.42 Å². The zero-order valence-corrected chi connectivity index (χ0v) is 10.1. The van der Waals surface area contributed by atoms with Crippen molar-refractivity contribution in [1.29, 1.82) is 0 Å². The Labute approximate surface area is 107 Å². The molecule has 7 heteroatoms. The van der Waals surface area contributed by atoms with Gasteiger partial charge in [-0.2, -0.15) is 4.98 Å². The van der Waals surface area contributed by atoms with Gasteiger partial charge < -0.3 is 10.3 Å². The van der Waals surface area contributed by atoms with Crippen molar-refractivity contribution < 1.29 is 4.52 Å². The summed E-state index contributed by atoms with van der Waals surface area (Å²) in [5.41, 5.74) is 7.22. The number of aromatic nitrogens is 4. The van der Waals surface area contributed by atoms with Gasteiger partial charge in [0.25, 0.3) is 0 Å². The van der Waals surface area contributed by atoms with Crippen molar-refractivity contribution in [3.8, 4) is 11.4 Å². The first-order chi connectivity index (χ1) is 8.81. The minimum Gasteiger partial charge on any atom is -0.375 e. The third-order valence-corrected chi connectivity index (χ3v) is 3.01. The first-order valence-corrected chi connectivity index (χ1v) is 6.12. The molecule has 3 heterocycles. The smallest absolute Gasteiger partial charge is 0.233 e. The van der Waals surface area contributed by atoms with Crippen molar-refractivity contribution >= 4 is 16.5 Å². The number of nitrogen functional groups attached to an aromatic ring is 1. The fraction of sp³-hybridized carbons (Fsp3) is 0.0909. The molecule has 3 rings (SSSR count). The molecule has 3 aromatic heterocycles. The number of anilines is 1. The normalized spacial score (nSPS) is 10.7. The predicted octanol–water partition coefficient (Wildman–Crippen LogP) is 1.76. The van der Waals surface area contributed by atoms with Crippen LogP contribution in [0.5, 0.6) is 0 Å². The van der Waals surface area contributed by atoms with Gasteiger partial charge in [-0.3, -0.25) is 4.98 Å². The summed E-state index contributed by atoms with van der Waals surface area (Å²) in [5, 5.41) is 6.32. The van der Waals surface area contributed by atoms with Crippen LogP contribution in [0.3, 0.4) is 0 Å². The quantitative estimate of drug-likeness (QED) is 0.770. The van der Waals surface area contributed by atoms with E-state index in [1.165, 1.54) is 11.3 Å². The highest BCUT2D eigenvalue weighted by molar-refractivity contribution is 7.13. The Morgan fingerprint density at radius 2 is 2.28 bits per heavy atom. The standard InChI is InChI=1S/C11H9N5OS/c12-11-14-8(6-18-11)4-9-15-10(16-17-9)7-2-1-3-13-5-7/h1-3,5-6H,4H2,(H2,12,14). The molecule has 0 aliphatic rings. The highest BCUT2D eigenvalue weighted by Crippen LogP contribution is 2.17. The van der Waals surface area contributed by atoms with E-state index in [2.05, 4.69) is 20.1 Å². The molecule has 0 aliphatic heterocycles. The molecular formula is C11H9N5OS. The average Bonchev–Trinajstić information content (AvgIpc) is 3.01. The van der Waals surface area contributed by atoms with E-state index in [-0.39, 0.29) is 0 Å². The van der Waals surface area contributed by atoms with Gasteiger partial charge in [-0.25, -0.2) is 4.98 Å². The van der Waals surface area contributed by atoms with Crippen LogP contribution in [-0.2, 0) is 6.42 Å². The summed E-state index contributed by atoms with van der Waals surface area (Å²) in [7, 11) is 0. The monoisotopic (exact) mass is 259 g/mol. The summed E-state index contributed by atoms with van der Waals surface area (Å²) in [6, 6.07) is 3.70. The third kappa shape index (κ3) is 2.21. The molecule has 90 valence electrons. The summed E-state index contributed by atoms with van der Waals surface area (Å²) in [4.78, 5) is 12.4. The van der Waals surface area contributed by atoms with E-state index in [9.17, 15) is 0 Å². The molecular weight excluding hydrogens is 250 g/mol. The van der Waals surface area contributed by atoms with Crippen molar-refractivity contribution in [1.82, 2.24) is 20.1 Å². The number of hydrogen-bond acceptors (Lipinski definition) is 7. The average molecular weight is 259 g/mol. The van der Waals surface area contributed by atoms with E-state index in [0.717, 1.165) is 11.3 Å². The zero-order valence-electron chi connectivity index (χ0n) is 9.28. The minimum atomic E-state index is 0.487. The Morgan fingerprint density at radius 3 is 3.00 bits per heavy atom. The van der Waals surface area contributed by atoms with E-state index in [0.29, 0.717) is 23.3 Å². The van der Waals surface area contributed by atoms with Crippen LogP contribution in [0.15, 0.2) is 34.4 Å². The van der Waals surface area contributed by atoms with Gasteiger partial charge in [0.15, 0.2) is 5.13 Å². The lowest BCUT2D eigenvalue weighted by atomic mass is 10.3. The number of nitrogens with zero attached hydrogens (tertiary/aromatic N) is 4. The second-order valence-corrected chi connectivity index (χ2v) is 4.50. The molecule has 0 saturated carbocycles. The van der Waals surface area contributed by atoms with Crippen LogP contribution in [0.4, 0.5) is 5.13 Å². The van der Waals surface area contributed by atoms with Gasteiger partial charge in [0, 0.05) is 23.3 Å². The molecule has 0 saturated heterocycles. The minimum absolute atomic E-state index is 0.487. The molecule has 6 nitrogen and oxygen atoms in total. The SMILES string of the molecule is Nc1nc(Cc2nc(-c3cccnc3)no2)cs1. The molecule has 0 unspecified atom stereocenters. The molecule has 18 heavy (non-hydrogen) atoms. The van der Waals surface area contributed by atoms with Gasteiger partial charge in [0.05, 0.1) is 12.1 Å². The Balaban J connectivity index is 1.82. The van der Waals surface area contributed by atoms with Crippen molar-refractivity contribution in [3.05, 3.63) is 41.5 Å². The van der Waals surface area contributed by atoms with Crippen LogP contribution in [0, 0.1) is 0 Å². The largest absolute Gasteiger partial charge is 0.375 e. The Hall–Kier alpha value is -2.28. The van der Waals surface area contributed by atoms with E-state index in [1.54, 1.807) is 12.4 Å². The molecule has 0 aliphatic carbocycles. The van der Waals surface area contributed by atoms with Crippen LogP contribution < -0.4 is 5.73 Å². The lowest BCUT2D eigenvalue weighted by Gasteiger charge is -1.90. The highest BCUT2D eigenvalue weighted by atomic mass is 32.1. The second kappa shape index (κ2) is 4.53. The van der Waals surface area contributed by atoms with E-state index >= 15 is 0 Å². The van der Waals surface area contributed by atoms with Crippen molar-refractivity contribution in [3.63, 3.8) is 0 Å². The molecule has 0 aromatic carbocycles. The first-order valence-electron chi connectivity index (χ1n) is 5.24. The highest BCUT2D eigenvalue weighted by Gasteiger charge is 2.10. The fourth-order valence-corrected chi connectivity index (χ4v) is 2.06. The van der Waals surface area contributed by atoms with Gasteiger partial charge >= 0.3 is 0 Å². The Bertz CT molecular complexity index is 648. The lowest BCUT2D eigenvalue weighted by molar-refractivity contribution is 0.385. The number of rotatable bonds is 3. The number of nitrogens with two attached hydrogens (primary N) is 1. The van der Waals surface area contributed by atoms with Gasteiger partial charge in [-0.05, 0) is 12.1 Å². The maximum atomic E-state index is 5.56. The van der Waals surface area contributed by atoms with Crippen molar-refractivity contribution in [2.75, 3.05) is 5.73 Å². The van der Waals surface area contributed by atoms with Gasteiger partial charge in [-0.15, -0.1) is 11.3 Å². The maximum absolute atomic E-state index is 5.56. The summed E-state index contributed by atoms with van der Waals surface area (Å²) in [5.74, 6) is 1.04. The van der Waals surface area contributed by atoms with Crippen LogP contribution in [0.1, 0.15) is 11.6 Å². The number of thiazole rings is 1. The molecule has 0 atom stereocenters.